The largest absolute Gasteiger partial charge is 0.490 e. The number of aliphatic hydroxyl groups is 1. The number of carboxylic acid groups (broad SMARTS) is 2. The summed E-state index contributed by atoms with van der Waals surface area (Å²) in [4.78, 5) is 35.1. The van der Waals surface area contributed by atoms with Gasteiger partial charge in [-0.3, -0.25) is 9.59 Å². The molecule has 0 unspecified atom stereocenters. The molecule has 0 fully saturated rings. The predicted octanol–water partition coefficient (Wildman–Crippen LogP) is 3.91. The van der Waals surface area contributed by atoms with Crippen molar-refractivity contribution < 1.29 is 42.9 Å². The average molecular weight is 558 g/mol. The van der Waals surface area contributed by atoms with Gasteiger partial charge in [0.2, 0.25) is 0 Å². The maximum Gasteiger partial charge on any atom is 0.490 e. The third-order valence-electron chi connectivity index (χ3n) is 5.33. The van der Waals surface area contributed by atoms with E-state index in [4.69, 9.17) is 26.6 Å². The van der Waals surface area contributed by atoms with Crippen LogP contribution in [0, 0.1) is 0 Å². The van der Waals surface area contributed by atoms with Gasteiger partial charge in [-0.1, -0.05) is 35.9 Å². The smallest absolute Gasteiger partial charge is 0.481 e. The number of rotatable bonds is 10. The van der Waals surface area contributed by atoms with Gasteiger partial charge in [-0.2, -0.15) is 13.2 Å². The molecule has 0 saturated carbocycles. The fourth-order valence-electron chi connectivity index (χ4n) is 3.50. The molecule has 3 aromatic rings. The Kier molecular flexibility index (Phi) is 11.1. The van der Waals surface area contributed by atoms with Crippen LogP contribution >= 0.6 is 11.6 Å². The van der Waals surface area contributed by atoms with Crippen LogP contribution in [0.4, 0.5) is 13.2 Å². The molecule has 0 aliphatic carbocycles. The van der Waals surface area contributed by atoms with Gasteiger partial charge in [-0.05, 0) is 42.7 Å². The summed E-state index contributed by atoms with van der Waals surface area (Å²) in [7, 11) is 0. The van der Waals surface area contributed by atoms with Crippen molar-refractivity contribution in [2.75, 3.05) is 13.1 Å². The van der Waals surface area contributed by atoms with Crippen LogP contribution in [0.2, 0.25) is 5.02 Å². The van der Waals surface area contributed by atoms with Crippen molar-refractivity contribution in [3.8, 4) is 0 Å². The molecular formula is C25H27ClF3N3O6. The van der Waals surface area contributed by atoms with Gasteiger partial charge < -0.3 is 30.9 Å². The van der Waals surface area contributed by atoms with E-state index in [0.717, 1.165) is 22.0 Å². The van der Waals surface area contributed by atoms with Gasteiger partial charge in [0.05, 0.1) is 23.6 Å². The first-order valence-electron chi connectivity index (χ1n) is 11.4. The maximum atomic E-state index is 12.4. The van der Waals surface area contributed by atoms with E-state index in [-0.39, 0.29) is 24.9 Å². The first kappa shape index (κ1) is 30.6. The summed E-state index contributed by atoms with van der Waals surface area (Å²) in [5, 5.41) is 33.7. The van der Waals surface area contributed by atoms with E-state index in [0.29, 0.717) is 23.6 Å². The second-order valence-corrected chi connectivity index (χ2v) is 8.77. The molecule has 3 rings (SSSR count). The third-order valence-corrected chi connectivity index (χ3v) is 5.57. The lowest BCUT2D eigenvalue weighted by molar-refractivity contribution is -0.192. The fraction of sp³-hybridized carbons (Fsp3) is 0.320. The Balaban J connectivity index is 0.000000638. The van der Waals surface area contributed by atoms with E-state index in [2.05, 4.69) is 15.6 Å². The van der Waals surface area contributed by atoms with E-state index in [9.17, 15) is 27.9 Å². The summed E-state index contributed by atoms with van der Waals surface area (Å²) in [6, 6.07) is 12.7. The van der Waals surface area contributed by atoms with Crippen molar-refractivity contribution in [3.05, 3.63) is 70.4 Å². The molecule has 9 nitrogen and oxygen atoms in total. The molecule has 0 aliphatic rings. The van der Waals surface area contributed by atoms with Gasteiger partial charge in [-0.25, -0.2) is 4.79 Å². The zero-order chi connectivity index (χ0) is 28.5. The summed E-state index contributed by atoms with van der Waals surface area (Å²) in [6.07, 6.45) is -3.29. The first-order valence-corrected chi connectivity index (χ1v) is 11.7. The molecule has 2 atom stereocenters. The lowest BCUT2D eigenvalue weighted by Gasteiger charge is -2.17. The van der Waals surface area contributed by atoms with Crippen LogP contribution in [0.3, 0.4) is 0 Å². The molecule has 38 heavy (non-hydrogen) atoms. The number of para-hydroxylation sites is 1. The molecule has 0 radical (unpaired) electrons. The molecule has 1 aromatic heterocycles. The summed E-state index contributed by atoms with van der Waals surface area (Å²) in [5.41, 5.74) is 3.01. The molecule has 13 heteroatoms. The van der Waals surface area contributed by atoms with Crippen LogP contribution < -0.4 is 10.6 Å². The van der Waals surface area contributed by atoms with Crippen molar-refractivity contribution in [2.45, 2.75) is 38.1 Å². The average Bonchev–Trinajstić information content (AvgIpc) is 3.24. The van der Waals surface area contributed by atoms with Gasteiger partial charge in [-0.15, -0.1) is 0 Å². The molecule has 6 N–H and O–H groups in total. The number of hydrogen-bond acceptors (Lipinski definition) is 5. The second-order valence-electron chi connectivity index (χ2n) is 8.33. The number of carbonyl (C=O) groups is 3. The van der Waals surface area contributed by atoms with Crippen LogP contribution in [0.5, 0.6) is 0 Å². The number of carbonyl (C=O) groups excluding carboxylic acids is 1. The highest BCUT2D eigenvalue weighted by atomic mass is 35.5. The van der Waals surface area contributed by atoms with Crippen molar-refractivity contribution in [3.63, 3.8) is 0 Å². The number of amides is 1. The molecule has 206 valence electrons. The minimum Gasteiger partial charge on any atom is -0.481 e. The second kappa shape index (κ2) is 13.8. The van der Waals surface area contributed by atoms with Crippen LogP contribution in [-0.4, -0.2) is 63.5 Å². The van der Waals surface area contributed by atoms with E-state index < -0.39 is 24.2 Å². The minimum atomic E-state index is -5.08. The molecule has 0 saturated heterocycles. The first-order chi connectivity index (χ1) is 17.8. The van der Waals surface area contributed by atoms with Gasteiger partial charge in [0.1, 0.15) is 0 Å². The number of aromatic nitrogens is 1. The van der Waals surface area contributed by atoms with E-state index in [1.54, 1.807) is 18.2 Å². The van der Waals surface area contributed by atoms with Crippen LogP contribution in [0.1, 0.15) is 40.9 Å². The Hall–Kier alpha value is -3.61. The number of carboxylic acids is 2. The number of H-pyrrole nitrogens is 1. The Morgan fingerprint density at radius 2 is 1.76 bits per heavy atom. The number of nitrogens with one attached hydrogen (secondary N) is 3. The number of aromatic amines is 1. The number of aliphatic carboxylic acids is 2. The summed E-state index contributed by atoms with van der Waals surface area (Å²) < 4.78 is 31.7. The van der Waals surface area contributed by atoms with Gasteiger partial charge in [0.25, 0.3) is 5.91 Å². The molecule has 1 amide bonds. The van der Waals surface area contributed by atoms with Gasteiger partial charge in [0.15, 0.2) is 0 Å². The SMILES string of the molecule is C[C@H](Cc1c[nH]c2c(C(=O)NCCC(=O)O)cccc12)NC[C@H](O)c1cccc(Cl)c1.O=C(O)C(F)(F)F. The fourth-order valence-corrected chi connectivity index (χ4v) is 3.69. The molecule has 2 aromatic carbocycles. The number of fused-ring (bicyclic) bond motifs is 1. The highest BCUT2D eigenvalue weighted by molar-refractivity contribution is 6.30. The lowest BCUT2D eigenvalue weighted by atomic mass is 10.0. The highest BCUT2D eigenvalue weighted by Crippen LogP contribution is 2.23. The van der Waals surface area contributed by atoms with Crippen molar-refractivity contribution in [1.82, 2.24) is 15.6 Å². The van der Waals surface area contributed by atoms with Crippen LogP contribution in [-0.2, 0) is 16.0 Å². The number of benzene rings is 2. The zero-order valence-electron chi connectivity index (χ0n) is 20.2. The predicted molar refractivity (Wildman–Crippen MR) is 134 cm³/mol. The zero-order valence-corrected chi connectivity index (χ0v) is 20.9. The number of hydrogen-bond donors (Lipinski definition) is 6. The molecule has 0 spiro atoms. The normalized spacial score (nSPS) is 12.8. The number of alkyl halides is 3. The van der Waals surface area contributed by atoms with E-state index >= 15 is 0 Å². The molecule has 0 aliphatic heterocycles. The van der Waals surface area contributed by atoms with Crippen molar-refractivity contribution >= 4 is 40.3 Å². The summed E-state index contributed by atoms with van der Waals surface area (Å²) in [6.45, 7) is 2.50. The molecule has 0 bridgehead atoms. The van der Waals surface area contributed by atoms with Crippen LogP contribution in [0.25, 0.3) is 10.9 Å². The lowest BCUT2D eigenvalue weighted by Crippen LogP contribution is -2.32. The summed E-state index contributed by atoms with van der Waals surface area (Å²) in [5.74, 6) is -4.02. The maximum absolute atomic E-state index is 12.4. The van der Waals surface area contributed by atoms with Crippen molar-refractivity contribution in [2.24, 2.45) is 0 Å². The number of halogens is 4. The molecule has 1 heterocycles. The Morgan fingerprint density at radius 1 is 1.11 bits per heavy atom. The monoisotopic (exact) mass is 557 g/mol. The summed E-state index contributed by atoms with van der Waals surface area (Å²) >= 11 is 5.99. The minimum absolute atomic E-state index is 0.0774. The van der Waals surface area contributed by atoms with Crippen LogP contribution in [0.15, 0.2) is 48.7 Å². The Labute approximate surface area is 220 Å². The number of aliphatic hydroxyl groups excluding tert-OH is 1. The Bertz CT molecular complexity index is 1260. The topological polar surface area (TPSA) is 152 Å². The quantitative estimate of drug-likeness (QED) is 0.221. The highest BCUT2D eigenvalue weighted by Gasteiger charge is 2.38. The van der Waals surface area contributed by atoms with Gasteiger partial charge >= 0.3 is 18.1 Å². The van der Waals surface area contributed by atoms with Crippen molar-refractivity contribution in [1.29, 1.82) is 0 Å². The van der Waals surface area contributed by atoms with E-state index in [1.807, 2.05) is 37.4 Å². The third kappa shape index (κ3) is 9.36. The molecular weight excluding hydrogens is 531 g/mol. The van der Waals surface area contributed by atoms with Gasteiger partial charge in [0, 0.05) is 35.7 Å². The van der Waals surface area contributed by atoms with E-state index in [1.165, 1.54) is 0 Å². The Morgan fingerprint density at radius 3 is 2.37 bits per heavy atom. The standard InChI is InChI=1S/C23H26ClN3O4.C2HF3O2/c1-14(26-13-20(28)15-4-2-5-17(24)11-15)10-16-12-27-22-18(16)6-3-7-19(22)23(31)25-9-8-21(29)30;3-2(4,5)1(6)7/h2-7,11-12,14,20,26-28H,8-10,13H2,1H3,(H,25,31)(H,29,30);(H,6,7)/t14-,20+;/m1./s1.